The Morgan fingerprint density at radius 3 is 1.97 bits per heavy atom. The topological polar surface area (TPSA) is 110 Å². The Bertz CT molecular complexity index is 2840. The van der Waals surface area contributed by atoms with Crippen molar-refractivity contribution in [3.63, 3.8) is 0 Å². The molecule has 1 unspecified atom stereocenters. The van der Waals surface area contributed by atoms with Crippen molar-refractivity contribution in [2.75, 3.05) is 18.1 Å². The fourth-order valence-corrected chi connectivity index (χ4v) is 8.53. The minimum absolute atomic E-state index is 0.0829. The number of halogens is 3. The third-order valence-electron chi connectivity index (χ3n) is 11.6. The van der Waals surface area contributed by atoms with Gasteiger partial charge in [-0.05, 0) is 89.0 Å². The van der Waals surface area contributed by atoms with Crippen LogP contribution in [0.15, 0.2) is 181 Å². The highest BCUT2D eigenvalue weighted by molar-refractivity contribution is 6.09. The van der Waals surface area contributed by atoms with E-state index in [1.165, 1.54) is 19.1 Å². The fourth-order valence-electron chi connectivity index (χ4n) is 8.53. The molecule has 8 rings (SSSR count). The van der Waals surface area contributed by atoms with Gasteiger partial charge in [0.1, 0.15) is 23.4 Å². The summed E-state index contributed by atoms with van der Waals surface area (Å²) in [6.07, 6.45) is -3.63. The number of amides is 2. The summed E-state index contributed by atoms with van der Waals surface area (Å²) in [4.78, 5) is 46.8. The number of hydrogen-bond acceptors (Lipinski definition) is 7. The van der Waals surface area contributed by atoms with Crippen molar-refractivity contribution in [3.05, 3.63) is 204 Å². The van der Waals surface area contributed by atoms with Crippen LogP contribution in [0.25, 0.3) is 33.6 Å². The predicted octanol–water partition coefficient (Wildman–Crippen LogP) is 12.0. The number of hydrogen-bond donors (Lipinski definition) is 1. The number of nitrogens with zero attached hydrogens (tertiary/aromatic N) is 2. The Kier molecular flexibility index (Phi) is 13.8. The number of carbonyl (C=O) groups is 3. The molecule has 1 N–H and O–H groups in total. The molecule has 6 aromatic carbocycles. The lowest BCUT2D eigenvalue weighted by molar-refractivity contribution is -0.148. The molecule has 0 saturated heterocycles. The Balaban J connectivity index is 1.29. The minimum atomic E-state index is -4.59. The number of alkyl halides is 3. The van der Waals surface area contributed by atoms with E-state index in [0.717, 1.165) is 34.4 Å². The lowest BCUT2D eigenvalue weighted by atomic mass is 9.93. The van der Waals surface area contributed by atoms with E-state index in [9.17, 15) is 23.1 Å². The van der Waals surface area contributed by atoms with Crippen LogP contribution in [0, 0.1) is 0 Å². The third kappa shape index (κ3) is 10.2. The quantitative estimate of drug-likeness (QED) is 0.0584. The van der Waals surface area contributed by atoms with Gasteiger partial charge in [-0.1, -0.05) is 103 Å². The van der Waals surface area contributed by atoms with Gasteiger partial charge in [0.15, 0.2) is 0 Å². The van der Waals surface area contributed by atoms with E-state index in [4.69, 9.17) is 13.9 Å². The zero-order valence-corrected chi connectivity index (χ0v) is 36.6. The summed E-state index contributed by atoms with van der Waals surface area (Å²) in [5.41, 5.74) is 4.50. The monoisotopic (exact) mass is 904 g/mol. The molecule has 0 fully saturated rings. The normalized spacial score (nSPS) is 14.8. The lowest BCUT2D eigenvalue weighted by Gasteiger charge is -2.39. The Labute approximate surface area is 386 Å². The van der Waals surface area contributed by atoms with Gasteiger partial charge < -0.3 is 23.9 Å². The van der Waals surface area contributed by atoms with Crippen LogP contribution in [0.3, 0.4) is 0 Å². The van der Waals surface area contributed by atoms with Gasteiger partial charge in [0.05, 0.1) is 36.5 Å². The van der Waals surface area contributed by atoms with E-state index >= 15 is 9.59 Å². The molecule has 12 heteroatoms. The lowest BCUT2D eigenvalue weighted by Crippen LogP contribution is -2.52. The summed E-state index contributed by atoms with van der Waals surface area (Å²) in [5, 5.41) is 9.56. The van der Waals surface area contributed by atoms with Gasteiger partial charge in [-0.3, -0.25) is 19.3 Å². The van der Waals surface area contributed by atoms with Crippen LogP contribution < -0.4 is 9.64 Å². The molecule has 0 bridgehead atoms. The van der Waals surface area contributed by atoms with Crippen LogP contribution in [0.5, 0.6) is 5.75 Å². The van der Waals surface area contributed by atoms with Crippen molar-refractivity contribution in [1.82, 2.24) is 4.90 Å². The van der Waals surface area contributed by atoms with Crippen LogP contribution in [0.1, 0.15) is 63.4 Å². The third-order valence-corrected chi connectivity index (χ3v) is 11.6. The molecule has 7 aromatic rings. The van der Waals surface area contributed by atoms with E-state index in [-0.39, 0.29) is 48.8 Å². The number of furan rings is 1. The molecule has 2 heterocycles. The summed E-state index contributed by atoms with van der Waals surface area (Å²) < 4.78 is 59.8. The summed E-state index contributed by atoms with van der Waals surface area (Å²) in [7, 11) is 0. The van der Waals surface area contributed by atoms with E-state index < -0.39 is 47.7 Å². The average molecular weight is 905 g/mol. The number of aliphatic hydroxyl groups excluding tert-OH is 1. The molecule has 9 nitrogen and oxygen atoms in total. The summed E-state index contributed by atoms with van der Waals surface area (Å²) in [5.74, 6) is -0.774. The molecule has 0 aliphatic carbocycles. The maximum atomic E-state index is 15.5. The average Bonchev–Trinajstić information content (AvgIpc) is 3.96. The van der Waals surface area contributed by atoms with Crippen molar-refractivity contribution < 1.29 is 46.6 Å². The number of anilines is 1. The smallest absolute Gasteiger partial charge is 0.416 e. The molecule has 1 aliphatic rings. The highest BCUT2D eigenvalue weighted by atomic mass is 19.4. The van der Waals surface area contributed by atoms with Crippen molar-refractivity contribution in [1.29, 1.82) is 0 Å². The van der Waals surface area contributed by atoms with Gasteiger partial charge in [-0.2, -0.15) is 13.2 Å². The van der Waals surface area contributed by atoms with Gasteiger partial charge in [0, 0.05) is 48.6 Å². The first kappa shape index (κ1) is 45.9. The first-order valence-corrected chi connectivity index (χ1v) is 21.8. The molecule has 0 spiro atoms. The summed E-state index contributed by atoms with van der Waals surface area (Å²) >= 11 is 0. The number of benzene rings is 6. The van der Waals surface area contributed by atoms with Gasteiger partial charge in [0.2, 0.25) is 0 Å². The first-order chi connectivity index (χ1) is 32.4. The molecular formula is C55H47F3N2O7. The fraction of sp³-hybridized carbons (Fsp3) is 0.182. The van der Waals surface area contributed by atoms with Crippen LogP contribution in [-0.4, -0.2) is 53.1 Å². The zero-order chi connectivity index (χ0) is 47.1. The Hall–Kier alpha value is -7.70. The molecular weight excluding hydrogens is 858 g/mol. The minimum Gasteiger partial charge on any atom is -0.493 e. The maximum Gasteiger partial charge on any atom is 0.416 e. The number of aliphatic hydroxyl groups is 1. The van der Waals surface area contributed by atoms with Gasteiger partial charge in [0.25, 0.3) is 11.8 Å². The van der Waals surface area contributed by atoms with E-state index in [0.29, 0.717) is 29.0 Å². The standard InChI is InChI=1S/C55H47F3N2O7/c1-3-12-50(66-36(2)62)52-51(47-34-45(65-32-11-31-61)27-29-48(47)60(52)54(64)42-25-21-40(22-26-42)38-15-8-5-9-16-38)59(53(63)41-23-19-39(20-24-41)37-13-6-4-7-14-37)35-46-28-30-49(67-46)43-17-10-18-44(33-43)55(56,57)58/h3-10,13-30,33-34,50-52,61H,1,11-12,31-32,35H2,2H3/t50?,51-,52+/m0/s1. The SMILES string of the molecule is C=CCC(OC(C)=O)[C@@H]1[C@@H](N(Cc2ccc(-c3cccc(C(F)(F)F)c3)o2)C(=O)c2ccc(-c3ccccc3)cc2)c2cc(OCCCO)ccc2N1C(=O)c1ccc(-c2ccccc2)cc1. The molecule has 340 valence electrons. The first-order valence-electron chi connectivity index (χ1n) is 21.8. The molecule has 67 heavy (non-hydrogen) atoms. The van der Waals surface area contributed by atoms with Crippen LogP contribution in [0.2, 0.25) is 0 Å². The maximum absolute atomic E-state index is 15.5. The highest BCUT2D eigenvalue weighted by Gasteiger charge is 2.51. The second-order valence-electron chi connectivity index (χ2n) is 16.1. The number of rotatable bonds is 16. The Morgan fingerprint density at radius 1 is 0.761 bits per heavy atom. The number of esters is 1. The highest BCUT2D eigenvalue weighted by Crippen LogP contribution is 2.49. The van der Waals surface area contributed by atoms with Crippen LogP contribution in [0.4, 0.5) is 18.9 Å². The van der Waals surface area contributed by atoms with Gasteiger partial charge >= 0.3 is 12.1 Å². The largest absolute Gasteiger partial charge is 0.493 e. The molecule has 0 radical (unpaired) electrons. The van der Waals surface area contributed by atoms with Crippen LogP contribution in [-0.2, 0) is 22.3 Å². The van der Waals surface area contributed by atoms with Crippen molar-refractivity contribution >= 4 is 23.5 Å². The zero-order valence-electron chi connectivity index (χ0n) is 36.6. The number of fused-ring (bicyclic) bond motifs is 1. The predicted molar refractivity (Wildman–Crippen MR) is 250 cm³/mol. The van der Waals surface area contributed by atoms with Gasteiger partial charge in [-0.15, -0.1) is 6.58 Å². The summed E-state index contributed by atoms with van der Waals surface area (Å²) in [6, 6.07) is 44.6. The van der Waals surface area contributed by atoms with Crippen LogP contribution >= 0.6 is 0 Å². The molecule has 1 aliphatic heterocycles. The molecule has 1 aromatic heterocycles. The van der Waals surface area contributed by atoms with E-state index in [2.05, 4.69) is 6.58 Å². The van der Waals surface area contributed by atoms with Crippen molar-refractivity contribution in [3.8, 4) is 39.3 Å². The molecule has 0 saturated carbocycles. The second-order valence-corrected chi connectivity index (χ2v) is 16.1. The van der Waals surface area contributed by atoms with Crippen molar-refractivity contribution in [2.45, 2.75) is 50.7 Å². The van der Waals surface area contributed by atoms with E-state index in [1.54, 1.807) is 70.5 Å². The van der Waals surface area contributed by atoms with Gasteiger partial charge in [-0.25, -0.2) is 0 Å². The number of carbonyl (C=O) groups excluding carboxylic acids is 3. The number of ether oxygens (including phenoxy) is 2. The second kappa shape index (κ2) is 20.2. The van der Waals surface area contributed by atoms with Crippen molar-refractivity contribution in [2.24, 2.45) is 0 Å². The molecule has 3 atom stereocenters. The Morgan fingerprint density at radius 2 is 1.37 bits per heavy atom. The molecule has 2 amide bonds. The summed E-state index contributed by atoms with van der Waals surface area (Å²) in [6.45, 7) is 5.06. The van der Waals surface area contributed by atoms with E-state index in [1.807, 2.05) is 84.9 Å².